The van der Waals surface area contributed by atoms with E-state index in [0.29, 0.717) is 0 Å². The van der Waals surface area contributed by atoms with Gasteiger partial charge in [0.25, 0.3) is 0 Å². The first-order chi connectivity index (χ1) is 12.4. The Bertz CT molecular complexity index is 263. The molecule has 0 aliphatic rings. The quantitative estimate of drug-likeness (QED) is 0.143. The third kappa shape index (κ3) is 23.5. The highest BCUT2D eigenvalue weighted by Gasteiger charge is 1.95. The van der Waals surface area contributed by atoms with E-state index in [1.807, 2.05) is 6.08 Å². The molecular weight excluding hydrogens is 300 g/mol. The van der Waals surface area contributed by atoms with Gasteiger partial charge in [-0.3, -0.25) is 0 Å². The molecule has 25 heavy (non-hydrogen) atoms. The fraction of sp³-hybridized carbons (Fsp3) is 0.840. The summed E-state index contributed by atoms with van der Waals surface area (Å²) in [6.07, 6.45) is 35.0. The van der Waals surface area contributed by atoms with Crippen molar-refractivity contribution in [2.24, 2.45) is 0 Å². The van der Waals surface area contributed by atoms with Crippen molar-refractivity contribution in [1.29, 1.82) is 0 Å². The van der Waals surface area contributed by atoms with Crippen molar-refractivity contribution in [3.05, 3.63) is 24.8 Å². The maximum Gasteiger partial charge on any atom is -0.0348 e. The minimum atomic E-state index is 1.23. The van der Waals surface area contributed by atoms with Crippen LogP contribution in [-0.4, -0.2) is 0 Å². The van der Waals surface area contributed by atoms with Crippen LogP contribution in [-0.2, 0) is 0 Å². The zero-order valence-electron chi connectivity index (χ0n) is 17.6. The molecule has 0 amide bonds. The molecule has 0 rings (SSSR count). The molecule has 0 spiro atoms. The second-order valence-corrected chi connectivity index (χ2v) is 7.82. The van der Waals surface area contributed by atoms with Crippen LogP contribution >= 0.6 is 0 Å². The minimum absolute atomic E-state index is 1.23. The van der Waals surface area contributed by atoms with Crippen molar-refractivity contribution >= 4 is 0 Å². The van der Waals surface area contributed by atoms with Gasteiger partial charge in [0, 0.05) is 0 Å². The monoisotopic (exact) mass is 348 g/mol. The molecule has 0 aromatic rings. The summed E-state index contributed by atoms with van der Waals surface area (Å²) in [4.78, 5) is 0. The third-order valence-corrected chi connectivity index (χ3v) is 5.25. The summed E-state index contributed by atoms with van der Waals surface area (Å²) in [7, 11) is 0. The lowest BCUT2D eigenvalue weighted by molar-refractivity contribution is 0.523. The van der Waals surface area contributed by atoms with Gasteiger partial charge >= 0.3 is 0 Å². The van der Waals surface area contributed by atoms with Crippen LogP contribution in [0.25, 0.3) is 0 Å². The molecule has 148 valence electrons. The molecule has 0 saturated carbocycles. The van der Waals surface area contributed by atoms with E-state index in [1.54, 1.807) is 0 Å². The van der Waals surface area contributed by atoms with Crippen LogP contribution in [0, 0.1) is 0 Å². The van der Waals surface area contributed by atoms with Gasteiger partial charge in [-0.15, -0.1) is 0 Å². The van der Waals surface area contributed by atoms with Crippen LogP contribution in [0.3, 0.4) is 0 Å². The maximum atomic E-state index is 3.70. The van der Waals surface area contributed by atoms with Gasteiger partial charge in [-0.05, 0) is 12.8 Å². The predicted molar refractivity (Wildman–Crippen MR) is 117 cm³/mol. The van der Waals surface area contributed by atoms with E-state index in [1.165, 1.54) is 128 Å². The Morgan fingerprint density at radius 3 is 1.12 bits per heavy atom. The summed E-state index contributed by atoms with van der Waals surface area (Å²) >= 11 is 0. The molecule has 0 aromatic carbocycles. The zero-order chi connectivity index (χ0) is 18.3. The number of unbranched alkanes of at least 4 members (excludes halogenated alkanes) is 19. The molecular formula is C25H48. The van der Waals surface area contributed by atoms with E-state index < -0.39 is 0 Å². The second-order valence-electron chi connectivity index (χ2n) is 7.82. The summed E-state index contributed by atoms with van der Waals surface area (Å²) in [6, 6.07) is 0. The molecule has 0 radical (unpaired) electrons. The molecule has 0 saturated heterocycles. The highest BCUT2D eigenvalue weighted by molar-refractivity contribution is 4.96. The van der Waals surface area contributed by atoms with Gasteiger partial charge in [0.1, 0.15) is 0 Å². The van der Waals surface area contributed by atoms with Gasteiger partial charge in [0.15, 0.2) is 0 Å². The summed E-state index contributed by atoms with van der Waals surface area (Å²) in [5.74, 6) is 0. The topological polar surface area (TPSA) is 0 Å². The molecule has 0 fully saturated rings. The summed E-state index contributed by atoms with van der Waals surface area (Å²) in [5.41, 5.74) is 0. The first-order valence-electron chi connectivity index (χ1n) is 11.7. The molecule has 0 heteroatoms. The van der Waals surface area contributed by atoms with E-state index in [9.17, 15) is 0 Å². The van der Waals surface area contributed by atoms with Crippen molar-refractivity contribution in [3.63, 3.8) is 0 Å². The van der Waals surface area contributed by atoms with E-state index in [2.05, 4.69) is 25.7 Å². The van der Waals surface area contributed by atoms with Crippen molar-refractivity contribution in [2.45, 2.75) is 135 Å². The average molecular weight is 349 g/mol. The van der Waals surface area contributed by atoms with E-state index in [4.69, 9.17) is 0 Å². The molecule has 0 atom stereocenters. The van der Waals surface area contributed by atoms with E-state index in [0.717, 1.165) is 0 Å². The van der Waals surface area contributed by atoms with Crippen LogP contribution < -0.4 is 0 Å². The van der Waals surface area contributed by atoms with Gasteiger partial charge in [-0.1, -0.05) is 147 Å². The van der Waals surface area contributed by atoms with Crippen LogP contribution in [0.15, 0.2) is 24.8 Å². The number of allylic oxidation sites excluding steroid dienone is 3. The first kappa shape index (κ1) is 24.5. The minimum Gasteiger partial charge on any atom is -0.0991 e. The van der Waals surface area contributed by atoms with Gasteiger partial charge in [0.2, 0.25) is 0 Å². The first-order valence-corrected chi connectivity index (χ1v) is 11.7. The molecule has 0 unspecified atom stereocenters. The molecule has 0 heterocycles. The van der Waals surface area contributed by atoms with Gasteiger partial charge in [0.05, 0.1) is 0 Å². The van der Waals surface area contributed by atoms with Crippen molar-refractivity contribution in [2.75, 3.05) is 0 Å². The lowest BCUT2D eigenvalue weighted by atomic mass is 10.0. The SMILES string of the molecule is C=C/C=C/CCCCCCCCCCCCCCCCCCCCC. The highest BCUT2D eigenvalue weighted by atomic mass is 14.0. The third-order valence-electron chi connectivity index (χ3n) is 5.25. The summed E-state index contributed by atoms with van der Waals surface area (Å²) < 4.78 is 0. The molecule has 0 aliphatic heterocycles. The van der Waals surface area contributed by atoms with Crippen LogP contribution in [0.4, 0.5) is 0 Å². The number of rotatable bonds is 21. The zero-order valence-corrected chi connectivity index (χ0v) is 17.6. The highest BCUT2D eigenvalue weighted by Crippen LogP contribution is 2.14. The second kappa shape index (κ2) is 23.5. The van der Waals surface area contributed by atoms with Crippen molar-refractivity contribution in [1.82, 2.24) is 0 Å². The Labute approximate surface area is 160 Å². The standard InChI is InChI=1S/C25H48/c1-3-5-7-9-11-13-15-17-19-21-23-25-24-22-20-18-16-14-12-10-8-6-4-2/h3,5,7H,1,4,6,8-25H2,2H3/b7-5+. The van der Waals surface area contributed by atoms with Gasteiger partial charge in [-0.25, -0.2) is 0 Å². The van der Waals surface area contributed by atoms with Crippen LogP contribution in [0.5, 0.6) is 0 Å². The lowest BCUT2D eigenvalue weighted by Gasteiger charge is -2.03. The van der Waals surface area contributed by atoms with Crippen LogP contribution in [0.2, 0.25) is 0 Å². The van der Waals surface area contributed by atoms with Gasteiger partial charge in [-0.2, -0.15) is 0 Å². The number of hydrogen-bond donors (Lipinski definition) is 0. The molecule has 0 nitrogen and oxygen atoms in total. The van der Waals surface area contributed by atoms with E-state index >= 15 is 0 Å². The maximum absolute atomic E-state index is 3.70. The van der Waals surface area contributed by atoms with Crippen molar-refractivity contribution in [3.8, 4) is 0 Å². The van der Waals surface area contributed by atoms with E-state index in [-0.39, 0.29) is 0 Å². The molecule has 0 bridgehead atoms. The van der Waals surface area contributed by atoms with Crippen LogP contribution in [0.1, 0.15) is 135 Å². The largest absolute Gasteiger partial charge is 0.0991 e. The smallest absolute Gasteiger partial charge is 0.0348 e. The van der Waals surface area contributed by atoms with Crippen molar-refractivity contribution < 1.29 is 0 Å². The lowest BCUT2D eigenvalue weighted by Crippen LogP contribution is -1.84. The fourth-order valence-corrected chi connectivity index (χ4v) is 3.53. The summed E-state index contributed by atoms with van der Waals surface area (Å²) in [6.45, 7) is 5.99. The van der Waals surface area contributed by atoms with Gasteiger partial charge < -0.3 is 0 Å². The predicted octanol–water partition coefficient (Wildman–Crippen LogP) is 9.55. The summed E-state index contributed by atoms with van der Waals surface area (Å²) in [5, 5.41) is 0. The Morgan fingerprint density at radius 1 is 0.480 bits per heavy atom. The Morgan fingerprint density at radius 2 is 0.800 bits per heavy atom. The Balaban J connectivity index is 2.98. The normalized spacial score (nSPS) is 11.4. The molecule has 0 aliphatic carbocycles. The number of hydrogen-bond acceptors (Lipinski definition) is 0. The molecule has 0 aromatic heterocycles. The Hall–Kier alpha value is -0.520. The Kier molecular flexibility index (Phi) is 23.0. The molecule has 0 N–H and O–H groups in total. The average Bonchev–Trinajstić information content (AvgIpc) is 2.63. The fourth-order valence-electron chi connectivity index (χ4n) is 3.53.